The molecular formula is C28H23F2N3O. The van der Waals surface area contributed by atoms with Crippen molar-refractivity contribution in [2.24, 2.45) is 15.2 Å². The van der Waals surface area contributed by atoms with Crippen LogP contribution in [0.15, 0.2) is 130 Å². The lowest BCUT2D eigenvalue weighted by molar-refractivity contribution is 0.223. The van der Waals surface area contributed by atoms with E-state index in [1.165, 1.54) is 7.11 Å². The van der Waals surface area contributed by atoms with E-state index in [4.69, 9.17) is 4.74 Å². The summed E-state index contributed by atoms with van der Waals surface area (Å²) in [5.74, 6) is -0.0623. The molecule has 6 heteroatoms. The number of aliphatic imine (C=N–C) groups is 1. The van der Waals surface area contributed by atoms with Gasteiger partial charge >= 0.3 is 0 Å². The first kappa shape index (κ1) is 23.0. The molecule has 0 spiro atoms. The lowest BCUT2D eigenvalue weighted by Crippen LogP contribution is -2.27. The molecule has 4 rings (SSSR count). The van der Waals surface area contributed by atoms with Gasteiger partial charge in [0.1, 0.15) is 5.75 Å². The highest BCUT2D eigenvalue weighted by molar-refractivity contribution is 5.88. The molecule has 170 valence electrons. The Labute approximate surface area is 197 Å². The van der Waals surface area contributed by atoms with Crippen molar-refractivity contribution in [1.82, 2.24) is 0 Å². The fourth-order valence-electron chi connectivity index (χ4n) is 3.74. The maximum Gasteiger partial charge on any atom is 0.299 e. The zero-order valence-electron chi connectivity index (χ0n) is 18.6. The average molecular weight is 456 g/mol. The molecule has 0 aliphatic carbocycles. The standard InChI is InChI=1S/C28H23F2N3O/c1-34-25-19-17-24(18-20-25)31-27(26(29)30)32-33-28(21-11-5-2-6-12-21,22-13-7-3-8-14-22)23-15-9-4-10-16-23/h2-20,26H,1H3. The number of rotatable bonds is 7. The third-order valence-corrected chi connectivity index (χ3v) is 5.39. The fraction of sp³-hybridized carbons (Fsp3) is 0.107. The largest absolute Gasteiger partial charge is 0.497 e. The van der Waals surface area contributed by atoms with E-state index in [1.54, 1.807) is 24.3 Å². The summed E-state index contributed by atoms with van der Waals surface area (Å²) in [6.45, 7) is 0. The van der Waals surface area contributed by atoms with E-state index in [9.17, 15) is 8.78 Å². The second kappa shape index (κ2) is 10.6. The molecule has 0 aromatic heterocycles. The van der Waals surface area contributed by atoms with Crippen molar-refractivity contribution < 1.29 is 13.5 Å². The molecule has 0 unspecified atom stereocenters. The minimum Gasteiger partial charge on any atom is -0.497 e. The number of alkyl halides is 2. The van der Waals surface area contributed by atoms with Gasteiger partial charge in [-0.2, -0.15) is 5.11 Å². The van der Waals surface area contributed by atoms with Crippen molar-refractivity contribution in [3.8, 4) is 5.75 Å². The minimum absolute atomic E-state index is 0.333. The average Bonchev–Trinajstić information content (AvgIpc) is 2.90. The molecule has 0 saturated heterocycles. The maximum atomic E-state index is 14.0. The van der Waals surface area contributed by atoms with Crippen molar-refractivity contribution in [3.05, 3.63) is 132 Å². The summed E-state index contributed by atoms with van der Waals surface area (Å²) >= 11 is 0. The highest BCUT2D eigenvalue weighted by Gasteiger charge is 2.37. The number of hydrogen-bond acceptors (Lipinski definition) is 3. The smallest absolute Gasteiger partial charge is 0.299 e. The first-order chi connectivity index (χ1) is 16.6. The van der Waals surface area contributed by atoms with E-state index in [2.05, 4.69) is 15.2 Å². The third-order valence-electron chi connectivity index (χ3n) is 5.39. The van der Waals surface area contributed by atoms with E-state index < -0.39 is 17.8 Å². The van der Waals surface area contributed by atoms with Gasteiger partial charge in [-0.1, -0.05) is 91.0 Å². The molecule has 0 aliphatic rings. The normalized spacial score (nSPS) is 12.3. The van der Waals surface area contributed by atoms with E-state index in [0.717, 1.165) is 16.7 Å². The van der Waals surface area contributed by atoms with Crippen LogP contribution in [-0.2, 0) is 5.54 Å². The highest BCUT2D eigenvalue weighted by atomic mass is 19.3. The lowest BCUT2D eigenvalue weighted by atomic mass is 9.78. The van der Waals surface area contributed by atoms with Crippen molar-refractivity contribution in [3.63, 3.8) is 0 Å². The summed E-state index contributed by atoms with van der Waals surface area (Å²) in [5.41, 5.74) is 1.59. The second-order valence-corrected chi connectivity index (χ2v) is 7.48. The third kappa shape index (κ3) is 4.91. The number of azo groups is 1. The maximum absolute atomic E-state index is 14.0. The predicted octanol–water partition coefficient (Wildman–Crippen LogP) is 7.43. The Balaban J connectivity index is 1.90. The van der Waals surface area contributed by atoms with E-state index in [0.29, 0.717) is 11.4 Å². The van der Waals surface area contributed by atoms with Crippen LogP contribution in [0.4, 0.5) is 14.5 Å². The summed E-state index contributed by atoms with van der Waals surface area (Å²) in [7, 11) is 1.54. The fourth-order valence-corrected chi connectivity index (χ4v) is 3.74. The number of amidine groups is 1. The first-order valence-corrected chi connectivity index (χ1v) is 10.7. The summed E-state index contributed by atoms with van der Waals surface area (Å²) in [5, 5.41) is 8.66. The zero-order chi connectivity index (χ0) is 23.8. The number of halogens is 2. The Bertz CT molecular complexity index is 1150. The number of methoxy groups -OCH3 is 1. The number of hydrogen-bond donors (Lipinski definition) is 0. The lowest BCUT2D eigenvalue weighted by Gasteiger charge is -2.30. The van der Waals surface area contributed by atoms with Gasteiger partial charge < -0.3 is 4.74 Å². The van der Waals surface area contributed by atoms with Crippen LogP contribution in [-0.4, -0.2) is 19.4 Å². The second-order valence-electron chi connectivity index (χ2n) is 7.48. The highest BCUT2D eigenvalue weighted by Crippen LogP contribution is 2.41. The van der Waals surface area contributed by atoms with Crippen molar-refractivity contribution in [2.75, 3.05) is 7.11 Å². The van der Waals surface area contributed by atoms with Gasteiger partial charge in [0.05, 0.1) is 12.8 Å². The van der Waals surface area contributed by atoms with Crippen LogP contribution in [0.5, 0.6) is 5.75 Å². The van der Waals surface area contributed by atoms with Crippen LogP contribution in [0.3, 0.4) is 0 Å². The van der Waals surface area contributed by atoms with Crippen LogP contribution in [0.25, 0.3) is 0 Å². The summed E-state index contributed by atoms with van der Waals surface area (Å²) in [6.07, 6.45) is -2.91. The van der Waals surface area contributed by atoms with Gasteiger partial charge in [-0.3, -0.25) is 0 Å². The quantitative estimate of drug-likeness (QED) is 0.124. The first-order valence-electron chi connectivity index (χ1n) is 10.7. The molecule has 4 aromatic carbocycles. The van der Waals surface area contributed by atoms with Gasteiger partial charge in [-0.25, -0.2) is 13.8 Å². The molecular weight excluding hydrogens is 432 g/mol. The monoisotopic (exact) mass is 455 g/mol. The molecule has 0 fully saturated rings. The van der Waals surface area contributed by atoms with Gasteiger partial charge in [0.25, 0.3) is 6.43 Å². The Morgan fingerprint density at radius 3 is 1.50 bits per heavy atom. The van der Waals surface area contributed by atoms with E-state index in [1.807, 2.05) is 91.0 Å². The van der Waals surface area contributed by atoms with Crippen LogP contribution < -0.4 is 4.74 Å². The zero-order valence-corrected chi connectivity index (χ0v) is 18.6. The van der Waals surface area contributed by atoms with Crippen molar-refractivity contribution in [2.45, 2.75) is 12.0 Å². The molecule has 4 aromatic rings. The molecule has 0 N–H and O–H groups in total. The summed E-state index contributed by atoms with van der Waals surface area (Å²) in [4.78, 5) is 4.07. The Hall–Kier alpha value is -4.19. The Morgan fingerprint density at radius 1 is 0.676 bits per heavy atom. The van der Waals surface area contributed by atoms with Crippen LogP contribution in [0.1, 0.15) is 16.7 Å². The summed E-state index contributed by atoms with van der Waals surface area (Å²) < 4.78 is 33.1. The Kier molecular flexibility index (Phi) is 7.18. The van der Waals surface area contributed by atoms with Gasteiger partial charge in [0.2, 0.25) is 5.84 Å². The van der Waals surface area contributed by atoms with Crippen LogP contribution in [0.2, 0.25) is 0 Å². The van der Waals surface area contributed by atoms with E-state index in [-0.39, 0.29) is 0 Å². The molecule has 0 amide bonds. The van der Waals surface area contributed by atoms with Crippen molar-refractivity contribution in [1.29, 1.82) is 0 Å². The van der Waals surface area contributed by atoms with Crippen molar-refractivity contribution >= 4 is 11.5 Å². The van der Waals surface area contributed by atoms with Gasteiger partial charge in [0, 0.05) is 0 Å². The van der Waals surface area contributed by atoms with Crippen LogP contribution in [0, 0.1) is 0 Å². The molecule has 4 nitrogen and oxygen atoms in total. The molecule has 34 heavy (non-hydrogen) atoms. The molecule has 0 saturated carbocycles. The van der Waals surface area contributed by atoms with E-state index >= 15 is 0 Å². The number of nitrogens with zero attached hydrogens (tertiary/aromatic N) is 3. The molecule has 0 bridgehead atoms. The minimum atomic E-state index is -2.91. The molecule has 0 atom stereocenters. The topological polar surface area (TPSA) is 46.3 Å². The van der Waals surface area contributed by atoms with Gasteiger partial charge in [-0.15, -0.1) is 5.11 Å². The summed E-state index contributed by atoms with van der Waals surface area (Å²) in [6, 6.07) is 35.1. The molecule has 0 aliphatic heterocycles. The number of benzene rings is 4. The van der Waals surface area contributed by atoms with Crippen LogP contribution >= 0.6 is 0 Å². The molecule has 0 radical (unpaired) electrons. The molecule has 0 heterocycles. The SMILES string of the molecule is COc1ccc(N=C(N=NC(c2ccccc2)(c2ccccc2)c2ccccc2)C(F)F)cc1. The predicted molar refractivity (Wildman–Crippen MR) is 130 cm³/mol. The van der Waals surface area contributed by atoms with Gasteiger partial charge in [0.15, 0.2) is 5.54 Å². The Morgan fingerprint density at radius 2 is 1.12 bits per heavy atom. The van der Waals surface area contributed by atoms with Gasteiger partial charge in [-0.05, 0) is 41.0 Å². The number of ether oxygens (including phenoxy) is 1.